The Morgan fingerprint density at radius 1 is 1.23 bits per heavy atom. The van der Waals surface area contributed by atoms with E-state index in [2.05, 4.69) is 25.6 Å². The van der Waals surface area contributed by atoms with Gasteiger partial charge in [0.1, 0.15) is 5.82 Å². The van der Waals surface area contributed by atoms with E-state index in [1.165, 1.54) is 12.1 Å². The molecule has 2 aromatic heterocycles. The van der Waals surface area contributed by atoms with E-state index in [1.54, 1.807) is 23.0 Å². The number of hydrogen-bond donors (Lipinski definition) is 3. The molecule has 22 heavy (non-hydrogen) atoms. The molecule has 0 radical (unpaired) electrons. The van der Waals surface area contributed by atoms with Gasteiger partial charge in [0.2, 0.25) is 5.95 Å². The normalized spacial score (nSPS) is 10.9. The number of fused-ring (bicyclic) bond motifs is 1. The number of aliphatic hydroxyl groups excluding tert-OH is 1. The van der Waals surface area contributed by atoms with Gasteiger partial charge < -0.3 is 20.3 Å². The van der Waals surface area contributed by atoms with E-state index >= 15 is 0 Å². The molecule has 3 rings (SSSR count). The van der Waals surface area contributed by atoms with Gasteiger partial charge >= 0.3 is 0 Å². The fourth-order valence-electron chi connectivity index (χ4n) is 2.01. The number of aliphatic hydroxyl groups is 1. The second-order valence-corrected chi connectivity index (χ2v) is 4.71. The monoisotopic (exact) mass is 302 g/mol. The molecule has 0 amide bonds. The second kappa shape index (κ2) is 5.94. The van der Waals surface area contributed by atoms with Gasteiger partial charge in [-0.1, -0.05) is 0 Å². The summed E-state index contributed by atoms with van der Waals surface area (Å²) in [6, 6.07) is 5.97. The van der Waals surface area contributed by atoms with Gasteiger partial charge in [-0.15, -0.1) is 0 Å². The molecule has 114 valence electrons. The molecule has 2 heterocycles. The smallest absolute Gasteiger partial charge is 0.226 e. The first-order valence-corrected chi connectivity index (χ1v) is 6.74. The summed E-state index contributed by atoms with van der Waals surface area (Å²) in [5, 5.41) is 14.9. The minimum absolute atomic E-state index is 0.0203. The molecule has 0 aliphatic heterocycles. The van der Waals surface area contributed by atoms with Gasteiger partial charge in [0.05, 0.1) is 12.9 Å². The number of imidazole rings is 1. The lowest BCUT2D eigenvalue weighted by Crippen LogP contribution is -2.10. The highest BCUT2D eigenvalue weighted by atomic mass is 19.1. The van der Waals surface area contributed by atoms with Crippen molar-refractivity contribution >= 4 is 28.6 Å². The molecular formula is C14H15FN6O. The van der Waals surface area contributed by atoms with Gasteiger partial charge in [0.25, 0.3) is 0 Å². The first-order chi connectivity index (χ1) is 10.7. The van der Waals surface area contributed by atoms with Crippen LogP contribution in [0.3, 0.4) is 0 Å². The summed E-state index contributed by atoms with van der Waals surface area (Å²) in [5.41, 5.74) is 1.96. The number of aromatic nitrogens is 4. The Morgan fingerprint density at radius 2 is 2.00 bits per heavy atom. The molecule has 3 N–H and O–H groups in total. The van der Waals surface area contributed by atoms with Crippen LogP contribution in [-0.4, -0.2) is 37.8 Å². The fourth-order valence-corrected chi connectivity index (χ4v) is 2.01. The quantitative estimate of drug-likeness (QED) is 0.664. The summed E-state index contributed by atoms with van der Waals surface area (Å²) >= 11 is 0. The van der Waals surface area contributed by atoms with Crippen molar-refractivity contribution in [1.82, 2.24) is 19.5 Å². The van der Waals surface area contributed by atoms with Crippen molar-refractivity contribution in [1.29, 1.82) is 0 Å². The lowest BCUT2D eigenvalue weighted by atomic mass is 10.3. The molecule has 0 aliphatic carbocycles. The van der Waals surface area contributed by atoms with E-state index in [4.69, 9.17) is 5.11 Å². The van der Waals surface area contributed by atoms with Gasteiger partial charge in [0, 0.05) is 19.3 Å². The third-order valence-electron chi connectivity index (χ3n) is 3.06. The van der Waals surface area contributed by atoms with E-state index in [9.17, 15) is 4.39 Å². The fraction of sp³-hybridized carbons (Fsp3) is 0.214. The van der Waals surface area contributed by atoms with E-state index in [1.807, 2.05) is 7.05 Å². The number of rotatable bonds is 5. The largest absolute Gasteiger partial charge is 0.395 e. The molecule has 8 heteroatoms. The molecule has 0 fully saturated rings. The topological polar surface area (TPSA) is 87.9 Å². The number of hydrogen-bond acceptors (Lipinski definition) is 6. The Labute approximate surface area is 125 Å². The predicted molar refractivity (Wildman–Crippen MR) is 81.6 cm³/mol. The van der Waals surface area contributed by atoms with Crippen LogP contribution in [0.4, 0.5) is 21.8 Å². The Balaban J connectivity index is 2.00. The van der Waals surface area contributed by atoms with Gasteiger partial charge in [-0.25, -0.2) is 9.37 Å². The van der Waals surface area contributed by atoms with Crippen LogP contribution >= 0.6 is 0 Å². The molecule has 0 aliphatic rings. The first-order valence-electron chi connectivity index (χ1n) is 6.74. The molecule has 1 aromatic carbocycles. The summed E-state index contributed by atoms with van der Waals surface area (Å²) in [6.07, 6.45) is 1.64. The number of aryl methyl sites for hydroxylation is 1. The van der Waals surface area contributed by atoms with Crippen molar-refractivity contribution in [3.8, 4) is 0 Å². The van der Waals surface area contributed by atoms with Crippen molar-refractivity contribution in [3.63, 3.8) is 0 Å². The van der Waals surface area contributed by atoms with E-state index in [0.29, 0.717) is 35.2 Å². The minimum atomic E-state index is -0.304. The first kappa shape index (κ1) is 14.2. The van der Waals surface area contributed by atoms with Crippen LogP contribution in [0, 0.1) is 5.82 Å². The molecule has 0 unspecified atom stereocenters. The van der Waals surface area contributed by atoms with E-state index in [0.717, 1.165) is 0 Å². The van der Waals surface area contributed by atoms with Crippen molar-refractivity contribution in [2.75, 3.05) is 23.8 Å². The molecule has 0 bridgehead atoms. The van der Waals surface area contributed by atoms with Crippen LogP contribution in [0.25, 0.3) is 11.2 Å². The maximum atomic E-state index is 13.0. The maximum Gasteiger partial charge on any atom is 0.226 e. The van der Waals surface area contributed by atoms with Gasteiger partial charge in [-0.3, -0.25) is 0 Å². The number of benzene rings is 1. The maximum absolute atomic E-state index is 13.0. The van der Waals surface area contributed by atoms with Crippen LogP contribution in [0.15, 0.2) is 30.6 Å². The Morgan fingerprint density at radius 3 is 2.73 bits per heavy atom. The van der Waals surface area contributed by atoms with Crippen LogP contribution in [0.2, 0.25) is 0 Å². The summed E-state index contributed by atoms with van der Waals surface area (Å²) in [7, 11) is 1.83. The third kappa shape index (κ3) is 2.82. The molecule has 3 aromatic rings. The SMILES string of the molecule is Cn1cnc2c(Nc3ccc(F)cc3)nc(NCCO)nc21. The number of halogens is 1. The molecule has 0 saturated heterocycles. The summed E-state index contributed by atoms with van der Waals surface area (Å²) in [6.45, 7) is 0.326. The highest BCUT2D eigenvalue weighted by Gasteiger charge is 2.12. The third-order valence-corrected chi connectivity index (χ3v) is 3.06. The van der Waals surface area contributed by atoms with Crippen LogP contribution in [0.1, 0.15) is 0 Å². The molecular weight excluding hydrogens is 287 g/mol. The van der Waals surface area contributed by atoms with Crippen LogP contribution < -0.4 is 10.6 Å². The molecule has 0 spiro atoms. The van der Waals surface area contributed by atoms with Crippen molar-refractivity contribution < 1.29 is 9.50 Å². The van der Waals surface area contributed by atoms with Gasteiger partial charge in [0.15, 0.2) is 17.0 Å². The summed E-state index contributed by atoms with van der Waals surface area (Å²) in [4.78, 5) is 13.0. The highest BCUT2D eigenvalue weighted by Crippen LogP contribution is 2.23. The molecule has 0 saturated carbocycles. The zero-order valence-corrected chi connectivity index (χ0v) is 11.9. The minimum Gasteiger partial charge on any atom is -0.395 e. The Bertz CT molecular complexity index is 786. The number of nitrogens with one attached hydrogen (secondary N) is 2. The molecule has 7 nitrogen and oxygen atoms in total. The van der Waals surface area contributed by atoms with Gasteiger partial charge in [-0.05, 0) is 24.3 Å². The van der Waals surface area contributed by atoms with Crippen LogP contribution in [-0.2, 0) is 7.05 Å². The average molecular weight is 302 g/mol. The van der Waals surface area contributed by atoms with Gasteiger partial charge in [-0.2, -0.15) is 9.97 Å². The zero-order valence-electron chi connectivity index (χ0n) is 11.9. The lowest BCUT2D eigenvalue weighted by molar-refractivity contribution is 0.311. The predicted octanol–water partition coefficient (Wildman–Crippen LogP) is 1.65. The summed E-state index contributed by atoms with van der Waals surface area (Å²) in [5.74, 6) is 0.592. The zero-order chi connectivity index (χ0) is 15.5. The Hall–Kier alpha value is -2.74. The van der Waals surface area contributed by atoms with Crippen LogP contribution in [0.5, 0.6) is 0 Å². The standard InChI is InChI=1S/C14H15FN6O/c1-21-8-17-11-12(18-10-4-2-9(15)3-5-10)19-14(16-6-7-22)20-13(11)21/h2-5,8,22H,6-7H2,1H3,(H2,16,18,19,20). The lowest BCUT2D eigenvalue weighted by Gasteiger charge is -2.09. The van der Waals surface area contributed by atoms with Crippen molar-refractivity contribution in [2.24, 2.45) is 7.05 Å². The van der Waals surface area contributed by atoms with E-state index in [-0.39, 0.29) is 12.4 Å². The summed E-state index contributed by atoms with van der Waals surface area (Å²) < 4.78 is 14.8. The van der Waals surface area contributed by atoms with Crippen molar-refractivity contribution in [2.45, 2.75) is 0 Å². The van der Waals surface area contributed by atoms with E-state index < -0.39 is 0 Å². The Kier molecular flexibility index (Phi) is 3.84. The number of anilines is 3. The van der Waals surface area contributed by atoms with Crippen molar-refractivity contribution in [3.05, 3.63) is 36.4 Å². The highest BCUT2D eigenvalue weighted by molar-refractivity contribution is 5.86. The number of nitrogens with zero attached hydrogens (tertiary/aromatic N) is 4. The molecule has 0 atom stereocenters. The second-order valence-electron chi connectivity index (χ2n) is 4.71. The average Bonchev–Trinajstić information content (AvgIpc) is 2.89.